The third-order valence-electron chi connectivity index (χ3n) is 8.46. The molecule has 4 rings (SSSR count). The fourth-order valence-corrected chi connectivity index (χ4v) is 7.00. The fraction of sp³-hybridized carbons (Fsp3) is 0.947. The third-order valence-corrected chi connectivity index (χ3v) is 8.46. The Hall–Kier alpha value is -0.370. The summed E-state index contributed by atoms with van der Waals surface area (Å²) in [6, 6.07) is 0. The first-order valence-electron chi connectivity index (χ1n) is 9.13. The van der Waals surface area contributed by atoms with E-state index < -0.39 is 5.60 Å². The molecule has 0 spiro atoms. The predicted octanol–water partition coefficient (Wildman–Crippen LogP) is 4.10. The normalized spacial score (nSPS) is 56.5. The van der Waals surface area contributed by atoms with Crippen LogP contribution in [0.2, 0.25) is 0 Å². The zero-order valence-electron chi connectivity index (χ0n) is 13.7. The molecule has 0 heterocycles. The molecular weight excluding hydrogens is 260 g/mol. The summed E-state index contributed by atoms with van der Waals surface area (Å²) in [5.41, 5.74) is 0.0731. The molecule has 0 radical (unpaired) electrons. The highest BCUT2D eigenvalue weighted by Gasteiger charge is 2.64. The van der Waals surface area contributed by atoms with Crippen molar-refractivity contribution in [2.24, 2.45) is 28.6 Å². The second-order valence-electron chi connectivity index (χ2n) is 9.11. The molecule has 0 aromatic rings. The van der Waals surface area contributed by atoms with Crippen molar-refractivity contribution in [1.82, 2.24) is 0 Å². The Balaban J connectivity index is 1.69. The Kier molecular flexibility index (Phi) is 2.94. The molecular formula is C19H30O2. The molecule has 0 aromatic heterocycles. The highest BCUT2D eigenvalue weighted by Crippen LogP contribution is 2.67. The van der Waals surface area contributed by atoms with Crippen LogP contribution in [-0.2, 0) is 4.79 Å². The minimum absolute atomic E-state index is 0.169. The van der Waals surface area contributed by atoms with E-state index in [1.54, 1.807) is 0 Å². The van der Waals surface area contributed by atoms with Crippen LogP contribution in [0.5, 0.6) is 0 Å². The number of carbonyl (C=O) groups excluding carboxylic acids is 1. The van der Waals surface area contributed by atoms with Crippen LogP contribution in [0.3, 0.4) is 0 Å². The first-order chi connectivity index (χ1) is 9.89. The van der Waals surface area contributed by atoms with E-state index in [0.717, 1.165) is 32.1 Å². The number of hydrogen-bond acceptors (Lipinski definition) is 2. The van der Waals surface area contributed by atoms with E-state index in [2.05, 4.69) is 13.8 Å². The van der Waals surface area contributed by atoms with Crippen molar-refractivity contribution in [2.75, 3.05) is 0 Å². The molecule has 118 valence electrons. The van der Waals surface area contributed by atoms with E-state index in [1.807, 2.05) is 0 Å². The lowest BCUT2D eigenvalue weighted by molar-refractivity contribution is -0.197. The minimum Gasteiger partial charge on any atom is -0.389 e. The van der Waals surface area contributed by atoms with Crippen LogP contribution in [0.1, 0.15) is 78.1 Å². The lowest BCUT2D eigenvalue weighted by atomic mass is 9.44. The van der Waals surface area contributed by atoms with Gasteiger partial charge in [0.1, 0.15) is 5.78 Å². The average Bonchev–Trinajstić information content (AvgIpc) is 2.75. The molecule has 0 bridgehead atoms. The molecule has 2 nitrogen and oxygen atoms in total. The molecule has 4 aliphatic rings. The van der Waals surface area contributed by atoms with Crippen molar-refractivity contribution < 1.29 is 9.90 Å². The zero-order valence-corrected chi connectivity index (χ0v) is 13.7. The van der Waals surface area contributed by atoms with Gasteiger partial charge in [0.2, 0.25) is 0 Å². The molecule has 4 fully saturated rings. The highest BCUT2D eigenvalue weighted by atomic mass is 16.3. The number of ketones is 1. The molecule has 21 heavy (non-hydrogen) atoms. The molecule has 0 unspecified atom stereocenters. The van der Waals surface area contributed by atoms with E-state index in [4.69, 9.17) is 0 Å². The maximum Gasteiger partial charge on any atom is 0.133 e. The summed E-state index contributed by atoms with van der Waals surface area (Å²) < 4.78 is 0. The fourth-order valence-electron chi connectivity index (χ4n) is 7.00. The van der Waals surface area contributed by atoms with Crippen LogP contribution in [0.4, 0.5) is 0 Å². The Bertz CT molecular complexity index is 472. The Labute approximate surface area is 128 Å². The molecule has 1 N–H and O–H groups in total. The van der Waals surface area contributed by atoms with Crippen LogP contribution < -0.4 is 0 Å². The summed E-state index contributed by atoms with van der Waals surface area (Å²) in [5.74, 6) is 2.22. The SMILES string of the molecule is C[C@]12CCC(=O)C[C@@H]1CC[C@@H]1[C@H]2CC[C@@]2(C)CCC[C@]12O. The van der Waals surface area contributed by atoms with E-state index >= 15 is 0 Å². The van der Waals surface area contributed by atoms with E-state index in [9.17, 15) is 9.90 Å². The van der Waals surface area contributed by atoms with Gasteiger partial charge in [-0.05, 0) is 80.0 Å². The average molecular weight is 290 g/mol. The van der Waals surface area contributed by atoms with Gasteiger partial charge in [-0.2, -0.15) is 0 Å². The van der Waals surface area contributed by atoms with Gasteiger partial charge in [-0.1, -0.05) is 13.8 Å². The van der Waals surface area contributed by atoms with Gasteiger partial charge in [0.25, 0.3) is 0 Å². The van der Waals surface area contributed by atoms with Gasteiger partial charge in [0.15, 0.2) is 0 Å². The maximum atomic E-state index is 11.9. The van der Waals surface area contributed by atoms with Crippen molar-refractivity contribution >= 4 is 5.78 Å². The zero-order chi connectivity index (χ0) is 14.9. The van der Waals surface area contributed by atoms with Crippen molar-refractivity contribution in [1.29, 1.82) is 0 Å². The van der Waals surface area contributed by atoms with Crippen LogP contribution in [0.25, 0.3) is 0 Å². The number of aliphatic hydroxyl groups is 1. The largest absolute Gasteiger partial charge is 0.389 e. The van der Waals surface area contributed by atoms with Gasteiger partial charge < -0.3 is 5.11 Å². The Morgan fingerprint density at radius 3 is 2.62 bits per heavy atom. The Morgan fingerprint density at radius 1 is 1.00 bits per heavy atom. The van der Waals surface area contributed by atoms with E-state index in [1.165, 1.54) is 32.1 Å². The summed E-state index contributed by atoms with van der Waals surface area (Å²) in [6.07, 6.45) is 10.9. The number of carbonyl (C=O) groups is 1. The van der Waals surface area contributed by atoms with E-state index in [-0.39, 0.29) is 5.41 Å². The van der Waals surface area contributed by atoms with Crippen molar-refractivity contribution in [2.45, 2.75) is 83.7 Å². The maximum absolute atomic E-state index is 11.9. The highest BCUT2D eigenvalue weighted by molar-refractivity contribution is 5.79. The summed E-state index contributed by atoms with van der Waals surface area (Å²) in [4.78, 5) is 11.9. The first-order valence-corrected chi connectivity index (χ1v) is 9.13. The molecule has 0 aliphatic heterocycles. The van der Waals surface area contributed by atoms with Crippen LogP contribution >= 0.6 is 0 Å². The van der Waals surface area contributed by atoms with Gasteiger partial charge in [-0.15, -0.1) is 0 Å². The first kappa shape index (κ1) is 14.2. The monoisotopic (exact) mass is 290 g/mol. The van der Waals surface area contributed by atoms with Crippen LogP contribution in [0, 0.1) is 28.6 Å². The quantitative estimate of drug-likeness (QED) is 0.729. The summed E-state index contributed by atoms with van der Waals surface area (Å²) in [7, 11) is 0. The predicted molar refractivity (Wildman–Crippen MR) is 82.8 cm³/mol. The second kappa shape index (κ2) is 4.34. The molecule has 2 heteroatoms. The number of rotatable bonds is 0. The lowest BCUT2D eigenvalue weighted by Crippen LogP contribution is -2.61. The summed E-state index contributed by atoms with van der Waals surface area (Å²) in [5, 5.41) is 11.6. The number of hydrogen-bond donors (Lipinski definition) is 1. The standard InChI is InChI=1S/C19H30O2/c1-17-8-3-9-19(17,21)16-5-4-13-12-14(20)6-11-18(13,2)15(16)7-10-17/h13,15-16,21H,3-12H2,1-2H3/t13-,15+,16+,17+,18-,19-/m0/s1. The molecule has 6 atom stereocenters. The molecule has 4 saturated carbocycles. The topological polar surface area (TPSA) is 37.3 Å². The van der Waals surface area contributed by atoms with Gasteiger partial charge in [-0.3, -0.25) is 4.79 Å². The van der Waals surface area contributed by atoms with Gasteiger partial charge >= 0.3 is 0 Å². The number of Topliss-reactive ketones (excluding diaryl/α,β-unsaturated/α-hetero) is 1. The van der Waals surface area contributed by atoms with E-state index in [0.29, 0.717) is 29.0 Å². The van der Waals surface area contributed by atoms with Crippen LogP contribution in [-0.4, -0.2) is 16.5 Å². The van der Waals surface area contributed by atoms with Crippen molar-refractivity contribution in [3.63, 3.8) is 0 Å². The Morgan fingerprint density at radius 2 is 1.81 bits per heavy atom. The van der Waals surface area contributed by atoms with Crippen molar-refractivity contribution in [3.05, 3.63) is 0 Å². The smallest absolute Gasteiger partial charge is 0.133 e. The minimum atomic E-state index is -0.411. The number of fused-ring (bicyclic) bond motifs is 5. The lowest BCUT2D eigenvalue weighted by Gasteiger charge is -2.62. The van der Waals surface area contributed by atoms with Gasteiger partial charge in [-0.25, -0.2) is 0 Å². The van der Waals surface area contributed by atoms with Crippen LogP contribution in [0.15, 0.2) is 0 Å². The summed E-state index contributed by atoms with van der Waals surface area (Å²) >= 11 is 0. The third kappa shape index (κ3) is 1.72. The summed E-state index contributed by atoms with van der Waals surface area (Å²) in [6.45, 7) is 4.79. The molecule has 0 amide bonds. The second-order valence-corrected chi connectivity index (χ2v) is 9.11. The molecule has 0 aromatic carbocycles. The molecule has 0 saturated heterocycles. The molecule has 4 aliphatic carbocycles. The van der Waals surface area contributed by atoms with Crippen molar-refractivity contribution in [3.8, 4) is 0 Å². The van der Waals surface area contributed by atoms with Gasteiger partial charge in [0, 0.05) is 12.8 Å². The van der Waals surface area contributed by atoms with Gasteiger partial charge in [0.05, 0.1) is 5.60 Å².